The number of anilines is 2. The Bertz CT molecular complexity index is 337. The second kappa shape index (κ2) is 7.62. The fraction of sp³-hybridized carbons (Fsp3) is 0.500. The molecule has 0 aliphatic carbocycles. The van der Waals surface area contributed by atoms with Gasteiger partial charge in [-0.25, -0.2) is 9.97 Å². The first-order chi connectivity index (χ1) is 8.22. The fourth-order valence-electron chi connectivity index (χ4n) is 1.34. The summed E-state index contributed by atoms with van der Waals surface area (Å²) >= 11 is 0. The summed E-state index contributed by atoms with van der Waals surface area (Å²) in [5.74, 6) is 1.67. The molecule has 1 aromatic rings. The van der Waals surface area contributed by atoms with Crippen LogP contribution in [0.3, 0.4) is 0 Å². The molecule has 0 amide bonds. The number of hydrogen-bond acceptors (Lipinski definition) is 5. The van der Waals surface area contributed by atoms with Crippen LogP contribution in [0.1, 0.15) is 6.42 Å². The van der Waals surface area contributed by atoms with E-state index in [1.54, 1.807) is 12.4 Å². The number of rotatable bonds is 8. The second-order valence-corrected chi connectivity index (χ2v) is 4.04. The average Bonchev–Trinajstić information content (AvgIpc) is 2.32. The Labute approximate surface area is 103 Å². The minimum Gasteiger partial charge on any atom is -0.370 e. The number of hydrogen-bond donors (Lipinski definition) is 2. The van der Waals surface area contributed by atoms with Gasteiger partial charge in [-0.2, -0.15) is 0 Å². The highest BCUT2D eigenvalue weighted by Crippen LogP contribution is 2.07. The van der Waals surface area contributed by atoms with Crippen LogP contribution >= 0.6 is 0 Å². The lowest BCUT2D eigenvalue weighted by Gasteiger charge is -2.10. The lowest BCUT2D eigenvalue weighted by Crippen LogP contribution is -2.16. The molecule has 0 saturated carbocycles. The molecule has 0 fully saturated rings. The lowest BCUT2D eigenvalue weighted by molar-refractivity contribution is 0.405. The maximum absolute atomic E-state index is 4.16. The molecule has 0 aliphatic rings. The van der Waals surface area contributed by atoms with Crippen molar-refractivity contribution in [3.05, 3.63) is 25.0 Å². The van der Waals surface area contributed by atoms with Crippen molar-refractivity contribution >= 4 is 11.6 Å². The molecule has 1 aromatic heterocycles. The van der Waals surface area contributed by atoms with Gasteiger partial charge in [-0.3, -0.25) is 0 Å². The highest BCUT2D eigenvalue weighted by Gasteiger charge is 1.97. The summed E-state index contributed by atoms with van der Waals surface area (Å²) in [6.45, 7) is 6.34. The molecule has 5 heteroatoms. The fourth-order valence-corrected chi connectivity index (χ4v) is 1.34. The molecule has 94 valence electrons. The van der Waals surface area contributed by atoms with Gasteiger partial charge in [0.15, 0.2) is 0 Å². The van der Waals surface area contributed by atoms with E-state index in [2.05, 4.69) is 46.2 Å². The van der Waals surface area contributed by atoms with Gasteiger partial charge in [0, 0.05) is 19.2 Å². The number of aromatic nitrogens is 2. The standard InChI is InChI=1S/C12H21N5/c1-4-6-13-11-9-12(16-10-15-11)14-7-5-8-17(2)3/h4,9-10H,1,5-8H2,2-3H3,(H2,13,14,15,16). The molecule has 0 aliphatic heterocycles. The van der Waals surface area contributed by atoms with Crippen LogP contribution in [0, 0.1) is 0 Å². The molecule has 0 bridgehead atoms. The third-order valence-corrected chi connectivity index (χ3v) is 2.18. The van der Waals surface area contributed by atoms with Crippen molar-refractivity contribution < 1.29 is 0 Å². The van der Waals surface area contributed by atoms with Gasteiger partial charge >= 0.3 is 0 Å². The predicted molar refractivity (Wildman–Crippen MR) is 72.4 cm³/mol. The van der Waals surface area contributed by atoms with Gasteiger partial charge < -0.3 is 15.5 Å². The summed E-state index contributed by atoms with van der Waals surface area (Å²) in [6, 6.07) is 1.90. The van der Waals surface area contributed by atoms with Gasteiger partial charge in [0.1, 0.15) is 18.0 Å². The highest BCUT2D eigenvalue weighted by molar-refractivity contribution is 5.46. The van der Waals surface area contributed by atoms with E-state index >= 15 is 0 Å². The molecule has 5 nitrogen and oxygen atoms in total. The zero-order chi connectivity index (χ0) is 12.5. The van der Waals surface area contributed by atoms with Crippen LogP contribution in [0.25, 0.3) is 0 Å². The van der Waals surface area contributed by atoms with E-state index in [0.717, 1.165) is 31.1 Å². The summed E-state index contributed by atoms with van der Waals surface area (Å²) in [4.78, 5) is 10.4. The van der Waals surface area contributed by atoms with Crippen LogP contribution in [-0.2, 0) is 0 Å². The van der Waals surface area contributed by atoms with Crippen LogP contribution in [0.4, 0.5) is 11.6 Å². The first-order valence-electron chi connectivity index (χ1n) is 5.78. The van der Waals surface area contributed by atoms with Gasteiger partial charge in [-0.05, 0) is 27.1 Å². The minimum absolute atomic E-state index is 0.705. The van der Waals surface area contributed by atoms with Crippen molar-refractivity contribution in [1.29, 1.82) is 0 Å². The number of nitrogens with one attached hydrogen (secondary N) is 2. The van der Waals surface area contributed by atoms with E-state index in [1.807, 2.05) is 6.07 Å². The van der Waals surface area contributed by atoms with Crippen LogP contribution in [0.15, 0.2) is 25.0 Å². The van der Waals surface area contributed by atoms with Gasteiger partial charge in [0.25, 0.3) is 0 Å². The SMILES string of the molecule is C=CCNc1cc(NCCCN(C)C)ncn1. The van der Waals surface area contributed by atoms with Crippen molar-refractivity contribution in [3.63, 3.8) is 0 Å². The molecule has 2 N–H and O–H groups in total. The Morgan fingerprint density at radius 2 is 2.00 bits per heavy atom. The molecular formula is C12H21N5. The molecular weight excluding hydrogens is 214 g/mol. The maximum atomic E-state index is 4.16. The molecule has 17 heavy (non-hydrogen) atoms. The third kappa shape index (κ3) is 5.87. The monoisotopic (exact) mass is 235 g/mol. The summed E-state index contributed by atoms with van der Waals surface area (Å²) in [5.41, 5.74) is 0. The van der Waals surface area contributed by atoms with Crippen LogP contribution < -0.4 is 10.6 Å². The summed E-state index contributed by atoms with van der Waals surface area (Å²) in [5, 5.41) is 6.40. The van der Waals surface area contributed by atoms with Gasteiger partial charge in [0.05, 0.1) is 0 Å². The molecule has 1 heterocycles. The van der Waals surface area contributed by atoms with Crippen molar-refractivity contribution in [2.24, 2.45) is 0 Å². The van der Waals surface area contributed by atoms with Crippen LogP contribution in [0.2, 0.25) is 0 Å². The zero-order valence-corrected chi connectivity index (χ0v) is 10.6. The Balaban J connectivity index is 2.34. The highest BCUT2D eigenvalue weighted by atomic mass is 15.1. The molecule has 0 atom stereocenters. The smallest absolute Gasteiger partial charge is 0.131 e. The molecule has 0 unspecified atom stereocenters. The van der Waals surface area contributed by atoms with Crippen LogP contribution in [-0.4, -0.2) is 48.6 Å². The Morgan fingerprint density at radius 3 is 2.65 bits per heavy atom. The van der Waals surface area contributed by atoms with Gasteiger partial charge in [-0.15, -0.1) is 6.58 Å². The first kappa shape index (κ1) is 13.4. The van der Waals surface area contributed by atoms with E-state index in [-0.39, 0.29) is 0 Å². The Hall–Kier alpha value is -1.62. The first-order valence-corrected chi connectivity index (χ1v) is 5.78. The lowest BCUT2D eigenvalue weighted by atomic mass is 10.4. The summed E-state index contributed by atoms with van der Waals surface area (Å²) < 4.78 is 0. The maximum Gasteiger partial charge on any atom is 0.131 e. The zero-order valence-electron chi connectivity index (χ0n) is 10.6. The summed E-state index contributed by atoms with van der Waals surface area (Å²) in [6.07, 6.45) is 4.44. The van der Waals surface area contributed by atoms with Crippen molar-refractivity contribution in [1.82, 2.24) is 14.9 Å². The largest absolute Gasteiger partial charge is 0.370 e. The molecule has 0 saturated heterocycles. The van der Waals surface area contributed by atoms with Crippen LogP contribution in [0.5, 0.6) is 0 Å². The van der Waals surface area contributed by atoms with Crippen molar-refractivity contribution in [2.45, 2.75) is 6.42 Å². The van der Waals surface area contributed by atoms with Gasteiger partial charge in [-0.1, -0.05) is 6.08 Å². The van der Waals surface area contributed by atoms with E-state index in [4.69, 9.17) is 0 Å². The van der Waals surface area contributed by atoms with Gasteiger partial charge in [0.2, 0.25) is 0 Å². The Morgan fingerprint density at radius 1 is 1.29 bits per heavy atom. The second-order valence-electron chi connectivity index (χ2n) is 4.04. The summed E-state index contributed by atoms with van der Waals surface area (Å²) in [7, 11) is 4.14. The molecule has 0 spiro atoms. The van der Waals surface area contributed by atoms with E-state index in [1.165, 1.54) is 0 Å². The topological polar surface area (TPSA) is 53.1 Å². The van der Waals surface area contributed by atoms with E-state index in [9.17, 15) is 0 Å². The minimum atomic E-state index is 0.705. The molecule has 0 aromatic carbocycles. The van der Waals surface area contributed by atoms with Crippen molar-refractivity contribution in [2.75, 3.05) is 44.4 Å². The molecule has 0 radical (unpaired) electrons. The number of nitrogens with zero attached hydrogens (tertiary/aromatic N) is 3. The quantitative estimate of drug-likeness (QED) is 0.527. The third-order valence-electron chi connectivity index (χ3n) is 2.18. The molecule has 1 rings (SSSR count). The predicted octanol–water partition coefficient (Wildman–Crippen LogP) is 1.44. The Kier molecular flexibility index (Phi) is 6.03. The van der Waals surface area contributed by atoms with E-state index < -0.39 is 0 Å². The van der Waals surface area contributed by atoms with Crippen molar-refractivity contribution in [3.8, 4) is 0 Å². The van der Waals surface area contributed by atoms with E-state index in [0.29, 0.717) is 6.54 Å². The normalized spacial score (nSPS) is 10.3. The average molecular weight is 235 g/mol.